The summed E-state index contributed by atoms with van der Waals surface area (Å²) in [4.78, 5) is 13.4. The van der Waals surface area contributed by atoms with Gasteiger partial charge in [0, 0.05) is 24.2 Å². The lowest BCUT2D eigenvalue weighted by Gasteiger charge is -2.38. The van der Waals surface area contributed by atoms with Crippen LogP contribution in [0.3, 0.4) is 0 Å². The Kier molecular flexibility index (Phi) is 3.95. The molecule has 1 heterocycles. The summed E-state index contributed by atoms with van der Waals surface area (Å²) in [5, 5.41) is 8.97. The topological polar surface area (TPSA) is 40.5 Å². The number of anilines is 1. The average Bonchev–Trinajstić information content (AvgIpc) is 2.84. The molecule has 0 radical (unpaired) electrons. The fourth-order valence-corrected chi connectivity index (χ4v) is 3.87. The van der Waals surface area contributed by atoms with Crippen LogP contribution in [0.4, 0.5) is 5.69 Å². The number of para-hydroxylation sites is 1. The van der Waals surface area contributed by atoms with Crippen molar-refractivity contribution in [1.82, 2.24) is 0 Å². The molecule has 108 valence electrons. The van der Waals surface area contributed by atoms with Gasteiger partial charge in [-0.15, -0.1) is 0 Å². The fourth-order valence-electron chi connectivity index (χ4n) is 3.87. The molecule has 0 spiro atoms. The lowest BCUT2D eigenvalue weighted by Crippen LogP contribution is -2.42. The van der Waals surface area contributed by atoms with Crippen molar-refractivity contribution in [2.75, 3.05) is 4.90 Å². The third kappa shape index (κ3) is 2.67. The van der Waals surface area contributed by atoms with Crippen LogP contribution in [0.1, 0.15) is 50.5 Å². The van der Waals surface area contributed by atoms with Gasteiger partial charge in [0.15, 0.2) is 0 Å². The summed E-state index contributed by atoms with van der Waals surface area (Å²) < 4.78 is 0. The molecule has 1 fully saturated rings. The molecule has 2 aliphatic rings. The first-order chi connectivity index (χ1) is 9.75. The Morgan fingerprint density at radius 3 is 2.70 bits per heavy atom. The first-order valence-corrected chi connectivity index (χ1v) is 7.84. The van der Waals surface area contributed by atoms with Crippen molar-refractivity contribution in [3.63, 3.8) is 0 Å². The minimum atomic E-state index is -0.676. The van der Waals surface area contributed by atoms with E-state index in [9.17, 15) is 4.79 Å². The Balaban J connectivity index is 1.81. The highest BCUT2D eigenvalue weighted by Gasteiger charge is 2.34. The lowest BCUT2D eigenvalue weighted by atomic mass is 9.93. The van der Waals surface area contributed by atoms with Crippen molar-refractivity contribution < 1.29 is 9.90 Å². The monoisotopic (exact) mass is 273 g/mol. The van der Waals surface area contributed by atoms with E-state index in [4.69, 9.17) is 5.11 Å². The van der Waals surface area contributed by atoms with E-state index in [1.165, 1.54) is 43.4 Å². The molecule has 0 bridgehead atoms. The van der Waals surface area contributed by atoms with Crippen LogP contribution in [0.2, 0.25) is 0 Å². The van der Waals surface area contributed by atoms with E-state index >= 15 is 0 Å². The van der Waals surface area contributed by atoms with Crippen molar-refractivity contribution in [3.8, 4) is 0 Å². The van der Waals surface area contributed by atoms with Crippen LogP contribution < -0.4 is 4.90 Å². The number of hydrogen-bond acceptors (Lipinski definition) is 2. The fraction of sp³-hybridized carbons (Fsp3) is 0.588. The molecule has 1 aliphatic carbocycles. The Morgan fingerprint density at radius 1 is 1.20 bits per heavy atom. The molecule has 20 heavy (non-hydrogen) atoms. The Bertz CT molecular complexity index is 480. The van der Waals surface area contributed by atoms with Crippen LogP contribution in [0, 0.1) is 0 Å². The van der Waals surface area contributed by atoms with Gasteiger partial charge in [0.2, 0.25) is 0 Å². The Labute approximate surface area is 120 Å². The van der Waals surface area contributed by atoms with E-state index in [2.05, 4.69) is 29.2 Å². The van der Waals surface area contributed by atoms with Gasteiger partial charge in [-0.3, -0.25) is 4.79 Å². The standard InChI is InChI=1S/C17H23NO2/c19-17(20)11-10-15-12-13-6-4-5-9-16(13)18(15)14-7-2-1-3-8-14/h4-6,9,14-15H,1-3,7-8,10-12H2,(H,19,20). The van der Waals surface area contributed by atoms with E-state index in [0.717, 1.165) is 12.8 Å². The summed E-state index contributed by atoms with van der Waals surface area (Å²) in [7, 11) is 0. The number of aliphatic carboxylic acids is 1. The van der Waals surface area contributed by atoms with Crippen LogP contribution in [-0.4, -0.2) is 23.2 Å². The second-order valence-corrected chi connectivity index (χ2v) is 6.12. The molecule has 0 saturated heterocycles. The largest absolute Gasteiger partial charge is 0.481 e. The van der Waals surface area contributed by atoms with Crippen molar-refractivity contribution in [2.45, 2.75) is 63.5 Å². The average molecular weight is 273 g/mol. The number of nitrogens with zero attached hydrogens (tertiary/aromatic N) is 1. The zero-order chi connectivity index (χ0) is 13.9. The van der Waals surface area contributed by atoms with Crippen molar-refractivity contribution in [1.29, 1.82) is 0 Å². The van der Waals surface area contributed by atoms with Gasteiger partial charge in [-0.1, -0.05) is 37.5 Å². The lowest BCUT2D eigenvalue weighted by molar-refractivity contribution is -0.137. The maximum atomic E-state index is 10.9. The second-order valence-electron chi connectivity index (χ2n) is 6.12. The molecule has 1 aliphatic heterocycles. The van der Waals surface area contributed by atoms with Gasteiger partial charge >= 0.3 is 5.97 Å². The third-order valence-corrected chi connectivity index (χ3v) is 4.78. The number of hydrogen-bond donors (Lipinski definition) is 1. The van der Waals surface area contributed by atoms with Crippen LogP contribution >= 0.6 is 0 Å². The normalized spacial score (nSPS) is 22.8. The van der Waals surface area contributed by atoms with Gasteiger partial charge in [-0.2, -0.15) is 0 Å². The molecular formula is C17H23NO2. The van der Waals surface area contributed by atoms with Crippen LogP contribution in [0.25, 0.3) is 0 Å². The highest BCUT2D eigenvalue weighted by molar-refractivity contribution is 5.67. The van der Waals surface area contributed by atoms with Gasteiger partial charge in [0.05, 0.1) is 0 Å². The molecule has 1 atom stereocenters. The van der Waals surface area contributed by atoms with Gasteiger partial charge in [-0.25, -0.2) is 0 Å². The minimum absolute atomic E-state index is 0.280. The quantitative estimate of drug-likeness (QED) is 0.911. The maximum Gasteiger partial charge on any atom is 0.303 e. The van der Waals surface area contributed by atoms with Gasteiger partial charge in [0.1, 0.15) is 0 Å². The first-order valence-electron chi connectivity index (χ1n) is 7.84. The van der Waals surface area contributed by atoms with Gasteiger partial charge in [0.25, 0.3) is 0 Å². The van der Waals surface area contributed by atoms with E-state index in [-0.39, 0.29) is 6.42 Å². The zero-order valence-corrected chi connectivity index (χ0v) is 11.9. The third-order valence-electron chi connectivity index (χ3n) is 4.78. The van der Waals surface area contributed by atoms with E-state index in [1.807, 2.05) is 0 Å². The van der Waals surface area contributed by atoms with Crippen LogP contribution in [0.15, 0.2) is 24.3 Å². The minimum Gasteiger partial charge on any atom is -0.481 e. The molecule has 1 N–H and O–H groups in total. The molecule has 1 aromatic rings. The summed E-state index contributed by atoms with van der Waals surface area (Å²) in [6.45, 7) is 0. The molecule has 1 aromatic carbocycles. The number of carbonyl (C=O) groups is 1. The molecular weight excluding hydrogens is 250 g/mol. The SMILES string of the molecule is O=C(O)CCC1Cc2ccccc2N1C1CCCCC1. The maximum absolute atomic E-state index is 10.9. The van der Waals surface area contributed by atoms with Crippen molar-refractivity contribution in [3.05, 3.63) is 29.8 Å². The second kappa shape index (κ2) is 5.86. The van der Waals surface area contributed by atoms with E-state index < -0.39 is 5.97 Å². The highest BCUT2D eigenvalue weighted by atomic mass is 16.4. The molecule has 3 heteroatoms. The molecule has 0 aromatic heterocycles. The van der Waals surface area contributed by atoms with Crippen molar-refractivity contribution >= 4 is 11.7 Å². The van der Waals surface area contributed by atoms with Gasteiger partial charge in [-0.05, 0) is 37.3 Å². The van der Waals surface area contributed by atoms with Crippen LogP contribution in [-0.2, 0) is 11.2 Å². The van der Waals surface area contributed by atoms with Gasteiger partial charge < -0.3 is 10.0 Å². The zero-order valence-electron chi connectivity index (χ0n) is 11.9. The Hall–Kier alpha value is -1.51. The summed E-state index contributed by atoms with van der Waals surface area (Å²) in [6, 6.07) is 9.61. The number of fused-ring (bicyclic) bond motifs is 1. The Morgan fingerprint density at radius 2 is 1.95 bits per heavy atom. The van der Waals surface area contributed by atoms with Crippen LogP contribution in [0.5, 0.6) is 0 Å². The number of carboxylic acid groups (broad SMARTS) is 1. The molecule has 1 unspecified atom stereocenters. The molecule has 1 saturated carbocycles. The summed E-state index contributed by atoms with van der Waals surface area (Å²) in [5.74, 6) is -0.676. The molecule has 0 amide bonds. The number of carboxylic acids is 1. The van der Waals surface area contributed by atoms with E-state index in [0.29, 0.717) is 12.1 Å². The summed E-state index contributed by atoms with van der Waals surface area (Å²) in [5.41, 5.74) is 2.75. The summed E-state index contributed by atoms with van der Waals surface area (Å²) >= 11 is 0. The molecule has 3 rings (SSSR count). The highest BCUT2D eigenvalue weighted by Crippen LogP contribution is 2.38. The smallest absolute Gasteiger partial charge is 0.303 e. The number of rotatable bonds is 4. The first kappa shape index (κ1) is 13.5. The molecule has 3 nitrogen and oxygen atoms in total. The summed E-state index contributed by atoms with van der Waals surface area (Å²) in [6.07, 6.45) is 8.56. The predicted octanol–water partition coefficient (Wildman–Crippen LogP) is 3.62. The van der Waals surface area contributed by atoms with Crippen molar-refractivity contribution in [2.24, 2.45) is 0 Å². The number of benzene rings is 1. The predicted molar refractivity (Wildman–Crippen MR) is 80.2 cm³/mol. The van der Waals surface area contributed by atoms with E-state index in [1.54, 1.807) is 0 Å².